The van der Waals surface area contributed by atoms with Crippen LogP contribution >= 0.6 is 23.2 Å². The Morgan fingerprint density at radius 1 is 1.00 bits per heavy atom. The zero-order valence-corrected chi connectivity index (χ0v) is 14.4. The molecule has 0 aromatic heterocycles. The number of nitrogens with one attached hydrogen (secondary N) is 2. The Balaban J connectivity index is 1.89. The lowest BCUT2D eigenvalue weighted by Crippen LogP contribution is -2.36. The van der Waals surface area contributed by atoms with Crippen LogP contribution in [0.1, 0.15) is 5.56 Å². The molecule has 0 heterocycles. The Kier molecular flexibility index (Phi) is 6.46. The first-order valence-corrected chi connectivity index (χ1v) is 7.93. The van der Waals surface area contributed by atoms with E-state index in [9.17, 15) is 9.59 Å². The number of halogens is 2. The largest absolute Gasteiger partial charge is 0.496 e. The highest BCUT2D eigenvalue weighted by Crippen LogP contribution is 2.29. The number of carbonyl (C=O) groups excluding carboxylic acids is 2. The van der Waals surface area contributed by atoms with E-state index in [-0.39, 0.29) is 15.7 Å². The number of amides is 2. The highest BCUT2D eigenvalue weighted by Gasteiger charge is 2.16. The van der Waals surface area contributed by atoms with Crippen molar-refractivity contribution in [2.45, 2.75) is 6.42 Å². The molecule has 2 aromatic carbocycles. The van der Waals surface area contributed by atoms with E-state index in [4.69, 9.17) is 27.9 Å². The summed E-state index contributed by atoms with van der Waals surface area (Å²) in [7, 11) is 1.58. The predicted octanol–water partition coefficient (Wildman–Crippen LogP) is 3.30. The van der Waals surface area contributed by atoms with Gasteiger partial charge in [0.2, 0.25) is 0 Å². The Morgan fingerprint density at radius 2 is 1.67 bits per heavy atom. The van der Waals surface area contributed by atoms with Crippen LogP contribution in [-0.4, -0.2) is 25.5 Å². The molecule has 0 unspecified atom stereocenters. The highest BCUT2D eigenvalue weighted by atomic mass is 35.5. The molecule has 0 atom stereocenters. The van der Waals surface area contributed by atoms with Crippen molar-refractivity contribution in [3.8, 4) is 5.75 Å². The van der Waals surface area contributed by atoms with E-state index in [1.807, 2.05) is 24.3 Å². The van der Waals surface area contributed by atoms with Crippen LogP contribution in [-0.2, 0) is 16.0 Å². The minimum absolute atomic E-state index is 0.214. The van der Waals surface area contributed by atoms with Crippen LogP contribution in [0.5, 0.6) is 5.75 Å². The third-order valence-corrected chi connectivity index (χ3v) is 3.91. The molecule has 0 aliphatic heterocycles. The van der Waals surface area contributed by atoms with Gasteiger partial charge in [-0.1, -0.05) is 47.5 Å². The van der Waals surface area contributed by atoms with Crippen LogP contribution in [0.25, 0.3) is 0 Å². The molecule has 2 N–H and O–H groups in total. The van der Waals surface area contributed by atoms with Gasteiger partial charge in [-0.15, -0.1) is 0 Å². The fraction of sp³-hybridized carbons (Fsp3) is 0.176. The molecule has 2 rings (SSSR count). The van der Waals surface area contributed by atoms with Gasteiger partial charge < -0.3 is 15.4 Å². The van der Waals surface area contributed by atoms with Crippen LogP contribution in [0.15, 0.2) is 42.5 Å². The van der Waals surface area contributed by atoms with E-state index >= 15 is 0 Å². The molecular weight excluding hydrogens is 351 g/mol. The van der Waals surface area contributed by atoms with Crippen molar-refractivity contribution in [1.29, 1.82) is 0 Å². The third kappa shape index (κ3) is 4.63. The smallest absolute Gasteiger partial charge is 0.313 e. The van der Waals surface area contributed by atoms with Gasteiger partial charge in [0, 0.05) is 6.54 Å². The van der Waals surface area contributed by atoms with Crippen LogP contribution < -0.4 is 15.4 Å². The van der Waals surface area contributed by atoms with Gasteiger partial charge in [-0.2, -0.15) is 0 Å². The molecular formula is C17H16Cl2N2O3. The summed E-state index contributed by atoms with van der Waals surface area (Å²) in [4.78, 5) is 23.8. The lowest BCUT2D eigenvalue weighted by atomic mass is 10.1. The van der Waals surface area contributed by atoms with Crippen molar-refractivity contribution < 1.29 is 14.3 Å². The minimum atomic E-state index is -0.829. The van der Waals surface area contributed by atoms with Crippen molar-refractivity contribution in [3.05, 3.63) is 58.1 Å². The summed E-state index contributed by atoms with van der Waals surface area (Å²) in [6, 6.07) is 12.3. The molecule has 2 aromatic rings. The Bertz CT molecular complexity index is 730. The molecule has 5 nitrogen and oxygen atoms in total. The summed E-state index contributed by atoms with van der Waals surface area (Å²) in [6.07, 6.45) is 0.538. The number of carbonyl (C=O) groups is 2. The number of anilines is 1. The van der Waals surface area contributed by atoms with Gasteiger partial charge in [-0.25, -0.2) is 0 Å². The molecule has 2 amide bonds. The van der Waals surface area contributed by atoms with Crippen molar-refractivity contribution in [2.24, 2.45) is 0 Å². The van der Waals surface area contributed by atoms with Crippen LogP contribution in [0, 0.1) is 0 Å². The molecule has 126 valence electrons. The van der Waals surface area contributed by atoms with E-state index in [0.717, 1.165) is 11.3 Å². The number of para-hydroxylation sites is 2. The number of rotatable bonds is 5. The summed E-state index contributed by atoms with van der Waals surface area (Å²) >= 11 is 11.9. The van der Waals surface area contributed by atoms with Crippen molar-refractivity contribution in [2.75, 3.05) is 19.0 Å². The van der Waals surface area contributed by atoms with Gasteiger partial charge in [0.1, 0.15) is 5.75 Å². The molecule has 0 saturated heterocycles. The zero-order valence-electron chi connectivity index (χ0n) is 12.9. The summed E-state index contributed by atoms with van der Waals surface area (Å²) in [5.41, 5.74) is 1.15. The molecule has 0 bridgehead atoms. The second kappa shape index (κ2) is 8.57. The minimum Gasteiger partial charge on any atom is -0.496 e. The highest BCUT2D eigenvalue weighted by molar-refractivity contribution is 6.44. The number of benzene rings is 2. The number of ether oxygens (including phenoxy) is 1. The van der Waals surface area contributed by atoms with Gasteiger partial charge in [0.05, 0.1) is 22.8 Å². The maximum atomic E-state index is 11.9. The lowest BCUT2D eigenvalue weighted by molar-refractivity contribution is -0.136. The Hall–Kier alpha value is -2.24. The van der Waals surface area contributed by atoms with Crippen LogP contribution in [0.4, 0.5) is 5.69 Å². The average molecular weight is 367 g/mol. The van der Waals surface area contributed by atoms with E-state index in [0.29, 0.717) is 13.0 Å². The Morgan fingerprint density at radius 3 is 2.33 bits per heavy atom. The zero-order chi connectivity index (χ0) is 17.5. The van der Waals surface area contributed by atoms with Gasteiger partial charge in [0.25, 0.3) is 0 Å². The number of hydrogen-bond acceptors (Lipinski definition) is 3. The first-order chi connectivity index (χ1) is 11.5. The van der Waals surface area contributed by atoms with Crippen LogP contribution in [0.3, 0.4) is 0 Å². The lowest BCUT2D eigenvalue weighted by Gasteiger charge is -2.10. The van der Waals surface area contributed by atoms with Crippen molar-refractivity contribution >= 4 is 40.7 Å². The molecule has 0 saturated carbocycles. The molecule has 0 aliphatic carbocycles. The van der Waals surface area contributed by atoms with Gasteiger partial charge in [-0.05, 0) is 30.2 Å². The Labute approximate surface area is 149 Å². The number of methoxy groups -OCH3 is 1. The second-order valence-corrected chi connectivity index (χ2v) is 5.68. The van der Waals surface area contributed by atoms with Gasteiger partial charge in [-0.3, -0.25) is 9.59 Å². The molecule has 0 fully saturated rings. The molecule has 0 radical (unpaired) electrons. The fourth-order valence-corrected chi connectivity index (χ4v) is 2.58. The SMILES string of the molecule is COc1ccccc1CCNC(=O)C(=O)Nc1c(Cl)cccc1Cl. The van der Waals surface area contributed by atoms with E-state index in [1.54, 1.807) is 25.3 Å². The predicted molar refractivity (Wildman–Crippen MR) is 94.8 cm³/mol. The molecule has 24 heavy (non-hydrogen) atoms. The van der Waals surface area contributed by atoms with Crippen molar-refractivity contribution in [3.63, 3.8) is 0 Å². The first kappa shape index (κ1) is 18.1. The van der Waals surface area contributed by atoms with E-state index in [1.165, 1.54) is 0 Å². The molecule has 7 heteroatoms. The summed E-state index contributed by atoms with van der Waals surface area (Å²) < 4.78 is 5.23. The van der Waals surface area contributed by atoms with Gasteiger partial charge in [0.15, 0.2) is 0 Å². The normalized spacial score (nSPS) is 10.1. The average Bonchev–Trinajstić information content (AvgIpc) is 2.58. The summed E-state index contributed by atoms with van der Waals surface area (Å²) in [5.74, 6) is -0.857. The third-order valence-electron chi connectivity index (χ3n) is 3.28. The molecule has 0 spiro atoms. The quantitative estimate of drug-likeness (QED) is 0.797. The summed E-state index contributed by atoms with van der Waals surface area (Å²) in [5, 5.41) is 5.48. The maximum Gasteiger partial charge on any atom is 0.313 e. The van der Waals surface area contributed by atoms with Crippen molar-refractivity contribution in [1.82, 2.24) is 5.32 Å². The second-order valence-electron chi connectivity index (χ2n) is 4.87. The standard InChI is InChI=1S/C17H16Cl2N2O3/c1-24-14-8-3-2-5-11(14)9-10-20-16(22)17(23)21-15-12(18)6-4-7-13(15)19/h2-8H,9-10H2,1H3,(H,20,22)(H,21,23). The summed E-state index contributed by atoms with van der Waals surface area (Å²) in [6.45, 7) is 0.295. The topological polar surface area (TPSA) is 67.4 Å². The van der Waals surface area contributed by atoms with E-state index in [2.05, 4.69) is 10.6 Å². The first-order valence-electron chi connectivity index (χ1n) is 7.18. The fourth-order valence-electron chi connectivity index (χ4n) is 2.09. The molecule has 0 aliphatic rings. The van der Waals surface area contributed by atoms with Crippen LogP contribution in [0.2, 0.25) is 10.0 Å². The maximum absolute atomic E-state index is 11.9. The number of hydrogen-bond donors (Lipinski definition) is 2. The van der Waals surface area contributed by atoms with Gasteiger partial charge >= 0.3 is 11.8 Å². The van der Waals surface area contributed by atoms with E-state index < -0.39 is 11.8 Å². The monoisotopic (exact) mass is 366 g/mol.